The van der Waals surface area contributed by atoms with E-state index >= 15 is 0 Å². The number of ether oxygens (including phenoxy) is 2. The summed E-state index contributed by atoms with van der Waals surface area (Å²) in [4.78, 5) is 4.36. The zero-order valence-electron chi connectivity index (χ0n) is 11.7. The molecule has 4 nitrogen and oxygen atoms in total. The maximum absolute atomic E-state index is 6.27. The standard InChI is InChI=1S/C14H17ClN2O2S/c1-9-17-11(8-20-9)7-19-14-12(15)4-10(6-16-2)5-13(14)18-3/h4-5,8,16H,6-7H2,1-3H3. The first-order valence-electron chi connectivity index (χ1n) is 6.19. The lowest BCUT2D eigenvalue weighted by molar-refractivity contribution is 0.281. The van der Waals surface area contributed by atoms with E-state index in [9.17, 15) is 0 Å². The van der Waals surface area contributed by atoms with Gasteiger partial charge in [0.05, 0.1) is 22.8 Å². The zero-order valence-corrected chi connectivity index (χ0v) is 13.3. The van der Waals surface area contributed by atoms with Gasteiger partial charge in [-0.15, -0.1) is 11.3 Å². The number of nitrogens with one attached hydrogen (secondary N) is 1. The van der Waals surface area contributed by atoms with Crippen LogP contribution in [0.4, 0.5) is 0 Å². The summed E-state index contributed by atoms with van der Waals surface area (Å²) in [5, 5.41) is 6.62. The van der Waals surface area contributed by atoms with E-state index in [1.165, 1.54) is 0 Å². The zero-order chi connectivity index (χ0) is 14.5. The van der Waals surface area contributed by atoms with Crippen LogP contribution in [0.1, 0.15) is 16.3 Å². The van der Waals surface area contributed by atoms with Gasteiger partial charge in [0.25, 0.3) is 0 Å². The second-order valence-corrected chi connectivity index (χ2v) is 5.76. The predicted molar refractivity (Wildman–Crippen MR) is 82.0 cm³/mol. The largest absolute Gasteiger partial charge is 0.493 e. The Labute approximate surface area is 127 Å². The molecule has 0 saturated heterocycles. The predicted octanol–water partition coefficient (Wildman–Crippen LogP) is 3.41. The summed E-state index contributed by atoms with van der Waals surface area (Å²) in [5.41, 5.74) is 1.94. The lowest BCUT2D eigenvalue weighted by atomic mass is 10.2. The number of hydrogen-bond donors (Lipinski definition) is 1. The fourth-order valence-corrected chi connectivity index (χ4v) is 2.73. The third-order valence-corrected chi connectivity index (χ3v) is 3.80. The van der Waals surface area contributed by atoms with Crippen LogP contribution in [0, 0.1) is 6.92 Å². The third kappa shape index (κ3) is 3.62. The number of halogens is 1. The van der Waals surface area contributed by atoms with E-state index in [2.05, 4.69) is 10.3 Å². The van der Waals surface area contributed by atoms with Crippen LogP contribution in [0.5, 0.6) is 11.5 Å². The molecular weight excluding hydrogens is 296 g/mol. The van der Waals surface area contributed by atoms with Crippen molar-refractivity contribution in [1.82, 2.24) is 10.3 Å². The molecule has 0 saturated carbocycles. The number of benzene rings is 1. The van der Waals surface area contributed by atoms with Gasteiger partial charge in [-0.05, 0) is 31.7 Å². The second-order valence-electron chi connectivity index (χ2n) is 4.29. The van der Waals surface area contributed by atoms with Gasteiger partial charge in [0, 0.05) is 11.9 Å². The molecule has 108 valence electrons. The highest BCUT2D eigenvalue weighted by Gasteiger charge is 2.12. The lowest BCUT2D eigenvalue weighted by Crippen LogP contribution is -2.06. The van der Waals surface area contributed by atoms with Crippen molar-refractivity contribution >= 4 is 22.9 Å². The fourth-order valence-electron chi connectivity index (χ4n) is 1.84. The molecule has 1 aromatic heterocycles. The van der Waals surface area contributed by atoms with Crippen LogP contribution in [0.3, 0.4) is 0 Å². The molecule has 1 aromatic carbocycles. The van der Waals surface area contributed by atoms with Crippen LogP contribution in [0.15, 0.2) is 17.5 Å². The Morgan fingerprint density at radius 3 is 2.80 bits per heavy atom. The van der Waals surface area contributed by atoms with Gasteiger partial charge in [-0.1, -0.05) is 11.6 Å². The molecule has 6 heteroatoms. The van der Waals surface area contributed by atoms with Gasteiger partial charge in [-0.3, -0.25) is 0 Å². The van der Waals surface area contributed by atoms with Crippen LogP contribution < -0.4 is 14.8 Å². The SMILES string of the molecule is CNCc1cc(Cl)c(OCc2csc(C)n2)c(OC)c1. The number of nitrogens with zero attached hydrogens (tertiary/aromatic N) is 1. The molecule has 0 amide bonds. The molecule has 1 N–H and O–H groups in total. The van der Waals surface area contributed by atoms with Crippen LogP contribution in [0.2, 0.25) is 5.02 Å². The maximum Gasteiger partial charge on any atom is 0.180 e. The molecular formula is C14H17ClN2O2S. The average molecular weight is 313 g/mol. The van der Waals surface area contributed by atoms with Crippen molar-refractivity contribution in [3.05, 3.63) is 38.8 Å². The van der Waals surface area contributed by atoms with E-state index in [-0.39, 0.29) is 0 Å². The summed E-state index contributed by atoms with van der Waals surface area (Å²) < 4.78 is 11.1. The van der Waals surface area contributed by atoms with Gasteiger partial charge < -0.3 is 14.8 Å². The van der Waals surface area contributed by atoms with E-state index < -0.39 is 0 Å². The van der Waals surface area contributed by atoms with Crippen molar-refractivity contribution in [2.75, 3.05) is 14.2 Å². The van der Waals surface area contributed by atoms with Crippen LogP contribution in [-0.4, -0.2) is 19.1 Å². The summed E-state index contributed by atoms with van der Waals surface area (Å²) in [6.07, 6.45) is 0. The third-order valence-electron chi connectivity index (χ3n) is 2.70. The van der Waals surface area contributed by atoms with Crippen molar-refractivity contribution in [2.24, 2.45) is 0 Å². The van der Waals surface area contributed by atoms with Crippen LogP contribution >= 0.6 is 22.9 Å². The summed E-state index contributed by atoms with van der Waals surface area (Å²) >= 11 is 7.87. The number of methoxy groups -OCH3 is 1. The molecule has 0 atom stereocenters. The van der Waals surface area contributed by atoms with E-state index in [4.69, 9.17) is 21.1 Å². The van der Waals surface area contributed by atoms with Crippen LogP contribution in [0.25, 0.3) is 0 Å². The molecule has 0 aliphatic heterocycles. The number of aromatic nitrogens is 1. The normalized spacial score (nSPS) is 10.6. The van der Waals surface area contributed by atoms with Gasteiger partial charge >= 0.3 is 0 Å². The minimum absolute atomic E-state index is 0.381. The Morgan fingerprint density at radius 1 is 1.40 bits per heavy atom. The van der Waals surface area contributed by atoms with Crippen molar-refractivity contribution < 1.29 is 9.47 Å². The molecule has 2 rings (SSSR count). The first kappa shape index (κ1) is 15.1. The molecule has 2 aromatic rings. The number of hydrogen-bond acceptors (Lipinski definition) is 5. The lowest BCUT2D eigenvalue weighted by Gasteiger charge is -2.13. The van der Waals surface area contributed by atoms with E-state index in [0.29, 0.717) is 23.1 Å². The number of aryl methyl sites for hydroxylation is 1. The van der Waals surface area contributed by atoms with Crippen molar-refractivity contribution in [3.63, 3.8) is 0 Å². The molecule has 0 aliphatic carbocycles. The Balaban J connectivity index is 2.17. The smallest absolute Gasteiger partial charge is 0.180 e. The maximum atomic E-state index is 6.27. The molecule has 0 aliphatic rings. The Morgan fingerprint density at radius 2 is 2.20 bits per heavy atom. The van der Waals surface area contributed by atoms with Gasteiger partial charge in [0.1, 0.15) is 6.61 Å². The monoisotopic (exact) mass is 312 g/mol. The van der Waals surface area contributed by atoms with Gasteiger partial charge in [-0.2, -0.15) is 0 Å². The minimum Gasteiger partial charge on any atom is -0.493 e. The van der Waals surface area contributed by atoms with Gasteiger partial charge in [0.2, 0.25) is 0 Å². The van der Waals surface area contributed by atoms with Crippen LogP contribution in [-0.2, 0) is 13.2 Å². The topological polar surface area (TPSA) is 43.4 Å². The highest BCUT2D eigenvalue weighted by Crippen LogP contribution is 2.37. The fraction of sp³-hybridized carbons (Fsp3) is 0.357. The van der Waals surface area contributed by atoms with E-state index in [1.54, 1.807) is 18.4 Å². The summed E-state index contributed by atoms with van der Waals surface area (Å²) in [6.45, 7) is 3.07. The highest BCUT2D eigenvalue weighted by molar-refractivity contribution is 7.09. The number of thiazole rings is 1. The van der Waals surface area contributed by atoms with E-state index in [0.717, 1.165) is 22.8 Å². The first-order valence-corrected chi connectivity index (χ1v) is 7.44. The van der Waals surface area contributed by atoms with Crippen molar-refractivity contribution in [1.29, 1.82) is 0 Å². The molecule has 1 heterocycles. The Bertz CT molecular complexity index is 587. The Hall–Kier alpha value is -1.30. The van der Waals surface area contributed by atoms with Gasteiger partial charge in [-0.25, -0.2) is 4.98 Å². The quantitative estimate of drug-likeness (QED) is 0.887. The molecule has 0 bridgehead atoms. The summed E-state index contributed by atoms with van der Waals surface area (Å²) in [5.74, 6) is 1.19. The first-order chi connectivity index (χ1) is 9.63. The van der Waals surface area contributed by atoms with Crippen molar-refractivity contribution in [3.8, 4) is 11.5 Å². The molecule has 0 unspecified atom stereocenters. The second kappa shape index (κ2) is 6.92. The average Bonchev–Trinajstić information content (AvgIpc) is 2.83. The van der Waals surface area contributed by atoms with E-state index in [1.807, 2.05) is 31.5 Å². The Kier molecular flexibility index (Phi) is 5.23. The summed E-state index contributed by atoms with van der Waals surface area (Å²) in [7, 11) is 3.49. The summed E-state index contributed by atoms with van der Waals surface area (Å²) in [6, 6.07) is 3.80. The van der Waals surface area contributed by atoms with Crippen molar-refractivity contribution in [2.45, 2.75) is 20.1 Å². The highest BCUT2D eigenvalue weighted by atomic mass is 35.5. The molecule has 20 heavy (non-hydrogen) atoms. The van der Waals surface area contributed by atoms with Gasteiger partial charge in [0.15, 0.2) is 11.5 Å². The minimum atomic E-state index is 0.381. The molecule has 0 spiro atoms. The number of rotatable bonds is 6. The molecule has 0 fully saturated rings. The molecule has 0 radical (unpaired) electrons.